The summed E-state index contributed by atoms with van der Waals surface area (Å²) < 4.78 is 29.4. The van der Waals surface area contributed by atoms with Crippen LogP contribution in [-0.2, 0) is 14.6 Å². The summed E-state index contributed by atoms with van der Waals surface area (Å²) in [6.07, 6.45) is -0.237. The number of sulfone groups is 1. The Morgan fingerprint density at radius 1 is 1.31 bits per heavy atom. The molecule has 0 amide bonds. The summed E-state index contributed by atoms with van der Waals surface area (Å²) in [6, 6.07) is 8.49. The lowest BCUT2D eigenvalue weighted by atomic mass is 10.3. The van der Waals surface area contributed by atoms with E-state index in [0.717, 1.165) is 6.54 Å². The molecule has 1 unspecified atom stereocenters. The van der Waals surface area contributed by atoms with Crippen LogP contribution in [0.15, 0.2) is 35.2 Å². The van der Waals surface area contributed by atoms with E-state index in [1.54, 1.807) is 30.3 Å². The van der Waals surface area contributed by atoms with Crippen molar-refractivity contribution in [1.29, 1.82) is 0 Å². The zero-order chi connectivity index (χ0) is 11.4. The van der Waals surface area contributed by atoms with Crippen LogP contribution in [0.5, 0.6) is 0 Å². The average molecular weight is 241 g/mol. The molecule has 16 heavy (non-hydrogen) atoms. The molecular formula is C11H15NO3S. The molecule has 0 bridgehead atoms. The Labute approximate surface area is 95.5 Å². The van der Waals surface area contributed by atoms with Crippen molar-refractivity contribution in [3.8, 4) is 0 Å². The van der Waals surface area contributed by atoms with E-state index in [9.17, 15) is 8.42 Å². The Kier molecular flexibility index (Phi) is 3.58. The maximum atomic E-state index is 12.0. The van der Waals surface area contributed by atoms with E-state index < -0.39 is 9.84 Å². The Hall–Kier alpha value is -0.910. The molecule has 0 spiro atoms. The molecule has 2 rings (SSSR count). The quantitative estimate of drug-likeness (QED) is 0.834. The molecule has 1 aromatic carbocycles. The molecule has 1 aliphatic heterocycles. The van der Waals surface area contributed by atoms with Crippen LogP contribution in [0.4, 0.5) is 0 Å². The summed E-state index contributed by atoms with van der Waals surface area (Å²) in [5, 5.41) is 3.12. The number of benzene rings is 1. The fourth-order valence-corrected chi connectivity index (χ4v) is 3.16. The standard InChI is InChI=1S/C11H15NO3S/c13-16(14,11-4-2-1-3-5-11)9-10-8-12-6-7-15-10/h1-5,10,12H,6-9H2. The number of nitrogens with one attached hydrogen (secondary N) is 1. The zero-order valence-electron chi connectivity index (χ0n) is 8.93. The van der Waals surface area contributed by atoms with Gasteiger partial charge >= 0.3 is 0 Å². The molecule has 1 fully saturated rings. The third kappa shape index (κ3) is 2.81. The van der Waals surface area contributed by atoms with Crippen LogP contribution in [0.25, 0.3) is 0 Å². The van der Waals surface area contributed by atoms with Crippen LogP contribution in [0.2, 0.25) is 0 Å². The molecule has 0 aromatic heterocycles. The maximum absolute atomic E-state index is 12.0. The molecule has 0 radical (unpaired) electrons. The van der Waals surface area contributed by atoms with Crippen LogP contribution < -0.4 is 5.32 Å². The Balaban J connectivity index is 2.08. The molecule has 88 valence electrons. The number of hydrogen-bond acceptors (Lipinski definition) is 4. The van der Waals surface area contributed by atoms with Crippen molar-refractivity contribution in [3.63, 3.8) is 0 Å². The van der Waals surface area contributed by atoms with E-state index in [0.29, 0.717) is 18.0 Å². The first-order valence-electron chi connectivity index (χ1n) is 5.28. The molecule has 1 heterocycles. The molecule has 1 aliphatic rings. The first-order chi connectivity index (χ1) is 7.68. The molecule has 0 saturated carbocycles. The Morgan fingerprint density at radius 3 is 2.69 bits per heavy atom. The lowest BCUT2D eigenvalue weighted by Gasteiger charge is -2.23. The maximum Gasteiger partial charge on any atom is 0.180 e. The molecule has 5 heteroatoms. The molecule has 0 aliphatic carbocycles. The summed E-state index contributed by atoms with van der Waals surface area (Å²) >= 11 is 0. The first kappa shape index (κ1) is 11.6. The van der Waals surface area contributed by atoms with Gasteiger partial charge in [-0.2, -0.15) is 0 Å². The van der Waals surface area contributed by atoms with Gasteiger partial charge in [-0.05, 0) is 12.1 Å². The van der Waals surface area contributed by atoms with E-state index >= 15 is 0 Å². The Morgan fingerprint density at radius 2 is 2.06 bits per heavy atom. The highest BCUT2D eigenvalue weighted by Gasteiger charge is 2.23. The van der Waals surface area contributed by atoms with Crippen LogP contribution in [-0.4, -0.2) is 40.0 Å². The van der Waals surface area contributed by atoms with Gasteiger partial charge in [-0.1, -0.05) is 18.2 Å². The average Bonchev–Trinajstić information content (AvgIpc) is 2.31. The third-order valence-corrected chi connectivity index (χ3v) is 4.31. The van der Waals surface area contributed by atoms with Gasteiger partial charge in [0, 0.05) is 13.1 Å². The number of morpholine rings is 1. The normalized spacial score (nSPS) is 21.9. The SMILES string of the molecule is O=S(=O)(CC1CNCCO1)c1ccccc1. The lowest BCUT2D eigenvalue weighted by molar-refractivity contribution is 0.0430. The van der Waals surface area contributed by atoms with Crippen LogP contribution in [0.3, 0.4) is 0 Å². The minimum atomic E-state index is -3.22. The van der Waals surface area contributed by atoms with Gasteiger partial charge < -0.3 is 10.1 Å². The fourth-order valence-electron chi connectivity index (χ4n) is 1.70. The van der Waals surface area contributed by atoms with Crippen molar-refractivity contribution in [2.24, 2.45) is 0 Å². The van der Waals surface area contributed by atoms with Crippen molar-refractivity contribution in [1.82, 2.24) is 5.32 Å². The van der Waals surface area contributed by atoms with Gasteiger partial charge in [0.05, 0.1) is 23.4 Å². The first-order valence-corrected chi connectivity index (χ1v) is 6.94. The summed E-state index contributed by atoms with van der Waals surface area (Å²) in [7, 11) is -3.22. The third-order valence-electron chi connectivity index (χ3n) is 2.51. The monoisotopic (exact) mass is 241 g/mol. The highest BCUT2D eigenvalue weighted by molar-refractivity contribution is 7.91. The summed E-state index contributed by atoms with van der Waals surface area (Å²) in [5.41, 5.74) is 0. The van der Waals surface area contributed by atoms with Gasteiger partial charge in [0.2, 0.25) is 0 Å². The van der Waals surface area contributed by atoms with E-state index in [1.807, 2.05) is 0 Å². The molecule has 1 N–H and O–H groups in total. The molecule has 4 nitrogen and oxygen atoms in total. The minimum absolute atomic E-state index is 0.0456. The van der Waals surface area contributed by atoms with Gasteiger partial charge in [0.1, 0.15) is 0 Å². The van der Waals surface area contributed by atoms with Crippen LogP contribution in [0.1, 0.15) is 0 Å². The van der Waals surface area contributed by atoms with Crippen molar-refractivity contribution in [2.45, 2.75) is 11.0 Å². The van der Waals surface area contributed by atoms with Gasteiger partial charge in [-0.25, -0.2) is 8.42 Å². The van der Waals surface area contributed by atoms with Crippen molar-refractivity contribution in [3.05, 3.63) is 30.3 Å². The fraction of sp³-hybridized carbons (Fsp3) is 0.455. The van der Waals surface area contributed by atoms with E-state index in [-0.39, 0.29) is 11.9 Å². The van der Waals surface area contributed by atoms with E-state index in [4.69, 9.17) is 4.74 Å². The smallest absolute Gasteiger partial charge is 0.180 e. The highest BCUT2D eigenvalue weighted by atomic mass is 32.2. The number of hydrogen-bond donors (Lipinski definition) is 1. The van der Waals surface area contributed by atoms with Crippen molar-refractivity contribution in [2.75, 3.05) is 25.4 Å². The highest BCUT2D eigenvalue weighted by Crippen LogP contribution is 2.12. The second-order valence-corrected chi connectivity index (χ2v) is 5.83. The van der Waals surface area contributed by atoms with Gasteiger partial charge in [-0.3, -0.25) is 0 Å². The summed E-state index contributed by atoms with van der Waals surface area (Å²) in [6.45, 7) is 1.98. The van der Waals surface area contributed by atoms with Gasteiger partial charge in [0.25, 0.3) is 0 Å². The topological polar surface area (TPSA) is 55.4 Å². The second kappa shape index (κ2) is 4.95. The molecule has 1 atom stereocenters. The largest absolute Gasteiger partial charge is 0.375 e. The number of rotatable bonds is 3. The van der Waals surface area contributed by atoms with Crippen molar-refractivity contribution >= 4 is 9.84 Å². The zero-order valence-corrected chi connectivity index (χ0v) is 9.74. The van der Waals surface area contributed by atoms with Crippen LogP contribution in [0, 0.1) is 0 Å². The van der Waals surface area contributed by atoms with Crippen LogP contribution >= 0.6 is 0 Å². The van der Waals surface area contributed by atoms with E-state index in [1.165, 1.54) is 0 Å². The van der Waals surface area contributed by atoms with E-state index in [2.05, 4.69) is 5.32 Å². The predicted molar refractivity (Wildman–Crippen MR) is 61.1 cm³/mol. The second-order valence-electron chi connectivity index (χ2n) is 3.79. The summed E-state index contributed by atoms with van der Waals surface area (Å²) in [5.74, 6) is 0.0456. The minimum Gasteiger partial charge on any atom is -0.375 e. The van der Waals surface area contributed by atoms with Crippen molar-refractivity contribution < 1.29 is 13.2 Å². The summed E-state index contributed by atoms with van der Waals surface area (Å²) in [4.78, 5) is 0.365. The molecular weight excluding hydrogens is 226 g/mol. The molecule has 1 aromatic rings. The van der Waals surface area contributed by atoms with Gasteiger partial charge in [-0.15, -0.1) is 0 Å². The lowest BCUT2D eigenvalue weighted by Crippen LogP contribution is -2.42. The predicted octanol–water partition coefficient (Wildman–Crippen LogP) is 0.449. The number of ether oxygens (including phenoxy) is 1. The van der Waals surface area contributed by atoms with Gasteiger partial charge in [0.15, 0.2) is 9.84 Å². The Bertz CT molecular complexity index is 424. The molecule has 1 saturated heterocycles.